The predicted molar refractivity (Wildman–Crippen MR) is 123 cm³/mol. The number of halogens is 2. The Morgan fingerprint density at radius 1 is 1.42 bits per heavy atom. The molecule has 164 valence electrons. The number of nitrogens with zero attached hydrogens (tertiary/aromatic N) is 3. The largest absolute Gasteiger partial charge is 0.482 e. The van der Waals surface area contributed by atoms with Crippen molar-refractivity contribution in [2.45, 2.75) is 25.5 Å². The van der Waals surface area contributed by atoms with Crippen molar-refractivity contribution in [2.24, 2.45) is 21.7 Å². The summed E-state index contributed by atoms with van der Waals surface area (Å²) in [4.78, 5) is 8.77. The summed E-state index contributed by atoms with van der Waals surface area (Å²) in [5, 5.41) is 7.18. The number of rotatable bonds is 2. The third kappa shape index (κ3) is 5.12. The number of aliphatic imine (C=N–C) groups is 1. The van der Waals surface area contributed by atoms with Crippen LogP contribution in [0.2, 0.25) is 0 Å². The molecular weight excluding hydrogens is 421 g/mol. The van der Waals surface area contributed by atoms with Crippen LogP contribution < -0.4 is 27.4 Å². The highest BCUT2D eigenvalue weighted by molar-refractivity contribution is 6.49. The molecule has 1 aliphatic rings. The Morgan fingerprint density at radius 3 is 2.87 bits per heavy atom. The Morgan fingerprint density at radius 2 is 2.19 bits per heavy atom. The van der Waals surface area contributed by atoms with E-state index in [2.05, 4.69) is 20.4 Å². The highest BCUT2D eigenvalue weighted by Crippen LogP contribution is 2.32. The van der Waals surface area contributed by atoms with Gasteiger partial charge in [-0.25, -0.2) is 9.37 Å². The fourth-order valence-electron chi connectivity index (χ4n) is 3.33. The first-order valence-electron chi connectivity index (χ1n) is 9.73. The number of hydrazone groups is 1. The summed E-state index contributed by atoms with van der Waals surface area (Å²) in [7, 11) is 0. The predicted octanol–water partition coefficient (Wildman–Crippen LogP) is 2.53. The zero-order valence-corrected chi connectivity index (χ0v) is 18.0. The highest BCUT2D eigenvalue weighted by atomic mass is 35.5. The average molecular weight is 446 g/mol. The third-order valence-corrected chi connectivity index (χ3v) is 4.84. The summed E-state index contributed by atoms with van der Waals surface area (Å²) in [6.45, 7) is 4.42. The summed E-state index contributed by atoms with van der Waals surface area (Å²) in [5.41, 5.74) is 14.6. The molecule has 2 unspecified atom stereocenters. The summed E-state index contributed by atoms with van der Waals surface area (Å²) in [5.74, 6) is 5.83. The number of hydrogen-bond donors (Lipinski definition) is 4. The second-order valence-corrected chi connectivity index (χ2v) is 7.38. The first-order chi connectivity index (χ1) is 14.8. The molecule has 0 saturated heterocycles. The van der Waals surface area contributed by atoms with E-state index in [1.165, 1.54) is 12.1 Å². The van der Waals surface area contributed by atoms with Crippen molar-refractivity contribution in [1.29, 1.82) is 0 Å². The molecule has 0 saturated carbocycles. The maximum atomic E-state index is 14.1. The van der Waals surface area contributed by atoms with Crippen molar-refractivity contribution in [2.75, 3.05) is 18.8 Å². The van der Waals surface area contributed by atoms with Gasteiger partial charge in [0, 0.05) is 35.1 Å². The van der Waals surface area contributed by atoms with Crippen LogP contribution in [0.25, 0.3) is 5.70 Å². The molecule has 7 N–H and O–H groups in total. The van der Waals surface area contributed by atoms with Crippen LogP contribution >= 0.6 is 11.6 Å². The van der Waals surface area contributed by atoms with Gasteiger partial charge < -0.3 is 27.4 Å². The molecule has 1 aliphatic heterocycles. The minimum atomic E-state index is -0.779. The lowest BCUT2D eigenvalue weighted by Crippen LogP contribution is -2.31. The van der Waals surface area contributed by atoms with Crippen LogP contribution in [0, 0.1) is 5.82 Å². The lowest BCUT2D eigenvalue weighted by atomic mass is 9.98. The number of anilines is 1. The van der Waals surface area contributed by atoms with E-state index in [0.717, 1.165) is 0 Å². The first-order valence-corrected chi connectivity index (χ1v) is 10.2. The molecule has 0 fully saturated rings. The number of benzene rings is 1. The van der Waals surface area contributed by atoms with Gasteiger partial charge in [0.15, 0.2) is 11.6 Å². The summed E-state index contributed by atoms with van der Waals surface area (Å²) in [6.07, 6.45) is 2.64. The molecule has 1 aromatic carbocycles. The highest BCUT2D eigenvalue weighted by Gasteiger charge is 2.22. The number of fused-ring (bicyclic) bond motifs is 3. The SMILES string of the molecule is CCN=C1C(=NN)CN/C(=C\C(N)Cl)c2ccc(F)cc2C(C)Oc2cc1cnc2N. The van der Waals surface area contributed by atoms with Gasteiger partial charge in [-0.1, -0.05) is 0 Å². The fourth-order valence-corrected chi connectivity index (χ4v) is 3.45. The van der Waals surface area contributed by atoms with E-state index in [0.29, 0.717) is 46.1 Å². The minimum absolute atomic E-state index is 0.198. The summed E-state index contributed by atoms with van der Waals surface area (Å²) < 4.78 is 20.2. The molecule has 3 rings (SSSR count). The van der Waals surface area contributed by atoms with Crippen LogP contribution in [-0.4, -0.2) is 35.0 Å². The van der Waals surface area contributed by atoms with Gasteiger partial charge in [-0.15, -0.1) is 11.6 Å². The molecule has 2 aromatic rings. The van der Waals surface area contributed by atoms with E-state index < -0.39 is 17.4 Å². The number of nitrogens with one attached hydrogen (secondary N) is 1. The van der Waals surface area contributed by atoms with E-state index in [4.69, 9.17) is 33.6 Å². The lowest BCUT2D eigenvalue weighted by Gasteiger charge is -2.23. The number of nitrogens with two attached hydrogens (primary N) is 3. The lowest BCUT2D eigenvalue weighted by molar-refractivity contribution is 0.226. The normalized spacial score (nSPS) is 21.6. The van der Waals surface area contributed by atoms with Gasteiger partial charge in [0.2, 0.25) is 0 Å². The molecule has 0 radical (unpaired) electrons. The average Bonchev–Trinajstić information content (AvgIpc) is 2.73. The van der Waals surface area contributed by atoms with Gasteiger partial charge in [0.25, 0.3) is 0 Å². The Bertz CT molecular complexity index is 1050. The second kappa shape index (κ2) is 9.76. The Hall–Kier alpha value is -3.17. The standard InChI is InChI=1S/C21H25ClFN7O/c1-3-27-20-12-6-18(21(25)29-9-12)31-11(2)15-7-13(23)4-5-14(15)16(8-19(22)24)28-10-17(20)30-26/h4-9,11,19,28H,3,10,24,26H2,1-2H3,(H2,25,29)/b16-8-,27-20?,30-17?. The van der Waals surface area contributed by atoms with Gasteiger partial charge in [0.05, 0.1) is 12.3 Å². The molecule has 10 heteroatoms. The quantitative estimate of drug-likeness (QED) is 0.242. The molecule has 31 heavy (non-hydrogen) atoms. The van der Waals surface area contributed by atoms with Gasteiger partial charge in [-0.2, -0.15) is 5.10 Å². The van der Waals surface area contributed by atoms with E-state index in [1.807, 2.05) is 6.92 Å². The molecule has 2 heterocycles. The van der Waals surface area contributed by atoms with Crippen molar-refractivity contribution in [1.82, 2.24) is 10.3 Å². The molecule has 2 bridgehead atoms. The molecule has 0 spiro atoms. The van der Waals surface area contributed by atoms with Crippen molar-refractivity contribution < 1.29 is 9.13 Å². The van der Waals surface area contributed by atoms with Crippen LogP contribution in [0.1, 0.15) is 36.6 Å². The van der Waals surface area contributed by atoms with Crippen molar-refractivity contribution in [3.63, 3.8) is 0 Å². The maximum absolute atomic E-state index is 14.1. The summed E-state index contributed by atoms with van der Waals surface area (Å²) >= 11 is 6.04. The topological polar surface area (TPSA) is 137 Å². The van der Waals surface area contributed by atoms with Crippen LogP contribution in [0.4, 0.5) is 10.2 Å². The van der Waals surface area contributed by atoms with Crippen LogP contribution in [0.5, 0.6) is 5.75 Å². The van der Waals surface area contributed by atoms with E-state index in [9.17, 15) is 4.39 Å². The molecular formula is C21H25ClFN7O. The number of alkyl halides is 1. The van der Waals surface area contributed by atoms with Crippen molar-refractivity contribution in [3.8, 4) is 5.75 Å². The van der Waals surface area contributed by atoms with E-state index in [-0.39, 0.29) is 12.4 Å². The monoisotopic (exact) mass is 445 g/mol. The number of pyridine rings is 1. The molecule has 0 amide bonds. The Balaban J connectivity index is 2.24. The molecule has 2 atom stereocenters. The molecule has 8 nitrogen and oxygen atoms in total. The number of nitrogen functional groups attached to an aromatic ring is 1. The summed E-state index contributed by atoms with van der Waals surface area (Å²) in [6, 6.07) is 6.11. The number of aromatic nitrogens is 1. The van der Waals surface area contributed by atoms with E-state index in [1.54, 1.807) is 31.3 Å². The van der Waals surface area contributed by atoms with Crippen LogP contribution in [0.15, 0.2) is 46.6 Å². The van der Waals surface area contributed by atoms with Gasteiger partial charge >= 0.3 is 0 Å². The number of ether oxygens (including phenoxy) is 1. The third-order valence-electron chi connectivity index (χ3n) is 4.72. The fraction of sp³-hybridized carbons (Fsp3) is 0.286. The van der Waals surface area contributed by atoms with Gasteiger partial charge in [-0.3, -0.25) is 4.99 Å². The minimum Gasteiger partial charge on any atom is -0.482 e. The first kappa shape index (κ1) is 22.5. The van der Waals surface area contributed by atoms with E-state index >= 15 is 0 Å². The smallest absolute Gasteiger partial charge is 0.166 e. The van der Waals surface area contributed by atoms with Crippen molar-refractivity contribution in [3.05, 3.63) is 59.0 Å². The molecule has 0 aliphatic carbocycles. The Labute approximate surface area is 185 Å². The molecule has 1 aromatic heterocycles. The second-order valence-electron chi connectivity index (χ2n) is 6.88. The van der Waals surface area contributed by atoms with Crippen LogP contribution in [-0.2, 0) is 0 Å². The number of hydrogen-bond acceptors (Lipinski definition) is 8. The zero-order valence-electron chi connectivity index (χ0n) is 17.3. The van der Waals surface area contributed by atoms with Crippen LogP contribution in [0.3, 0.4) is 0 Å². The zero-order chi connectivity index (χ0) is 22.5. The maximum Gasteiger partial charge on any atom is 0.166 e. The Kier molecular flexibility index (Phi) is 7.09. The van der Waals surface area contributed by atoms with Gasteiger partial charge in [-0.05, 0) is 44.2 Å². The van der Waals surface area contributed by atoms with Crippen molar-refractivity contribution >= 4 is 34.5 Å². The van der Waals surface area contributed by atoms with Gasteiger partial charge in [0.1, 0.15) is 23.1 Å².